The average Bonchev–Trinajstić information content (AvgIpc) is 2.38. The van der Waals surface area contributed by atoms with Crippen molar-refractivity contribution in [2.75, 3.05) is 6.61 Å². The summed E-state index contributed by atoms with van der Waals surface area (Å²) in [4.78, 5) is 23.2. The predicted molar refractivity (Wildman–Crippen MR) is 77.6 cm³/mol. The molecular weight excluding hydrogens is 254 g/mol. The Morgan fingerprint density at radius 3 is 2.90 bits per heavy atom. The van der Waals surface area contributed by atoms with Crippen molar-refractivity contribution in [1.82, 2.24) is 15.0 Å². The van der Waals surface area contributed by atoms with Gasteiger partial charge in [-0.05, 0) is 32.4 Å². The zero-order valence-electron chi connectivity index (χ0n) is 12.0. The molecule has 0 bridgehead atoms. The standard InChI is InChI=1S/C15H19N3O2/c1-10(2)20-8-6-13-17-12(9-14(19)18-13)15-11(3)5-4-7-16-15/h4-5,7,9-10H,6,8H2,1-3H3,(H,17,18,19). The van der Waals surface area contributed by atoms with Gasteiger partial charge in [-0.2, -0.15) is 0 Å². The number of pyridine rings is 1. The molecule has 0 unspecified atom stereocenters. The molecule has 0 aliphatic rings. The van der Waals surface area contributed by atoms with Crippen molar-refractivity contribution in [3.63, 3.8) is 0 Å². The van der Waals surface area contributed by atoms with Crippen LogP contribution in [0.4, 0.5) is 0 Å². The Morgan fingerprint density at radius 2 is 2.20 bits per heavy atom. The molecule has 0 radical (unpaired) electrons. The lowest BCUT2D eigenvalue weighted by molar-refractivity contribution is 0.0804. The van der Waals surface area contributed by atoms with E-state index in [-0.39, 0.29) is 11.7 Å². The number of rotatable bonds is 5. The fraction of sp³-hybridized carbons (Fsp3) is 0.400. The molecule has 2 aromatic heterocycles. The Balaban J connectivity index is 2.25. The molecule has 5 nitrogen and oxygen atoms in total. The van der Waals surface area contributed by atoms with Crippen LogP contribution in [0.5, 0.6) is 0 Å². The molecule has 0 aliphatic carbocycles. The predicted octanol–water partition coefficient (Wildman–Crippen LogP) is 2.11. The summed E-state index contributed by atoms with van der Waals surface area (Å²) in [6, 6.07) is 5.29. The normalized spacial score (nSPS) is 11.0. The Kier molecular flexibility index (Phi) is 4.63. The molecule has 0 saturated carbocycles. The van der Waals surface area contributed by atoms with E-state index in [2.05, 4.69) is 15.0 Å². The summed E-state index contributed by atoms with van der Waals surface area (Å²) >= 11 is 0. The van der Waals surface area contributed by atoms with Gasteiger partial charge < -0.3 is 9.72 Å². The molecule has 0 saturated heterocycles. The zero-order valence-corrected chi connectivity index (χ0v) is 12.0. The number of aromatic amines is 1. The maximum Gasteiger partial charge on any atom is 0.251 e. The number of nitrogens with zero attached hydrogens (tertiary/aromatic N) is 2. The molecule has 0 fully saturated rings. The van der Waals surface area contributed by atoms with Crippen LogP contribution >= 0.6 is 0 Å². The molecule has 2 rings (SSSR count). The molecule has 0 atom stereocenters. The summed E-state index contributed by atoms with van der Waals surface area (Å²) < 4.78 is 5.48. The van der Waals surface area contributed by atoms with Gasteiger partial charge in [0.2, 0.25) is 0 Å². The fourth-order valence-electron chi connectivity index (χ4n) is 1.89. The summed E-state index contributed by atoms with van der Waals surface area (Å²) in [5.74, 6) is 0.623. The molecule has 0 aliphatic heterocycles. The van der Waals surface area contributed by atoms with Crippen molar-refractivity contribution in [2.24, 2.45) is 0 Å². The smallest absolute Gasteiger partial charge is 0.251 e. The second-order valence-corrected chi connectivity index (χ2v) is 4.92. The number of nitrogens with one attached hydrogen (secondary N) is 1. The summed E-state index contributed by atoms with van der Waals surface area (Å²) in [5, 5.41) is 0. The maximum absolute atomic E-state index is 11.7. The van der Waals surface area contributed by atoms with E-state index < -0.39 is 0 Å². The van der Waals surface area contributed by atoms with E-state index >= 15 is 0 Å². The summed E-state index contributed by atoms with van der Waals surface area (Å²) in [5.41, 5.74) is 2.17. The highest BCUT2D eigenvalue weighted by Gasteiger charge is 2.08. The van der Waals surface area contributed by atoms with Gasteiger partial charge in [0.25, 0.3) is 5.56 Å². The van der Waals surface area contributed by atoms with Crippen LogP contribution in [-0.4, -0.2) is 27.7 Å². The third kappa shape index (κ3) is 3.74. The molecule has 0 spiro atoms. The molecule has 0 amide bonds. The molecule has 2 aromatic rings. The Hall–Kier alpha value is -2.01. The highest BCUT2D eigenvalue weighted by molar-refractivity contribution is 5.57. The van der Waals surface area contributed by atoms with Crippen molar-refractivity contribution in [2.45, 2.75) is 33.3 Å². The SMILES string of the molecule is Cc1cccnc1-c1cc(=O)[nH]c(CCOC(C)C)n1. The van der Waals surface area contributed by atoms with Gasteiger partial charge in [-0.15, -0.1) is 0 Å². The molecule has 2 heterocycles. The van der Waals surface area contributed by atoms with Gasteiger partial charge in [-0.1, -0.05) is 6.07 Å². The van der Waals surface area contributed by atoms with Crippen molar-refractivity contribution < 1.29 is 4.74 Å². The number of hydrogen-bond donors (Lipinski definition) is 1. The van der Waals surface area contributed by atoms with Crippen LogP contribution in [0, 0.1) is 6.92 Å². The second-order valence-electron chi connectivity index (χ2n) is 4.92. The number of ether oxygens (including phenoxy) is 1. The first-order valence-electron chi connectivity index (χ1n) is 6.70. The molecular formula is C15H19N3O2. The minimum absolute atomic E-state index is 0.167. The monoisotopic (exact) mass is 273 g/mol. The third-order valence-corrected chi connectivity index (χ3v) is 2.83. The zero-order chi connectivity index (χ0) is 14.5. The number of aromatic nitrogens is 3. The van der Waals surface area contributed by atoms with Crippen LogP contribution in [0.15, 0.2) is 29.2 Å². The van der Waals surface area contributed by atoms with Gasteiger partial charge in [0.15, 0.2) is 0 Å². The Bertz CT molecular complexity index is 635. The molecule has 20 heavy (non-hydrogen) atoms. The van der Waals surface area contributed by atoms with Gasteiger partial charge in [0, 0.05) is 18.7 Å². The Labute approximate surface area is 118 Å². The van der Waals surface area contributed by atoms with E-state index in [9.17, 15) is 4.79 Å². The van der Waals surface area contributed by atoms with Gasteiger partial charge >= 0.3 is 0 Å². The molecule has 106 valence electrons. The van der Waals surface area contributed by atoms with Crippen LogP contribution in [0.25, 0.3) is 11.4 Å². The van der Waals surface area contributed by atoms with Crippen molar-refractivity contribution in [1.29, 1.82) is 0 Å². The average molecular weight is 273 g/mol. The number of hydrogen-bond acceptors (Lipinski definition) is 4. The van der Waals surface area contributed by atoms with Crippen molar-refractivity contribution >= 4 is 0 Å². The third-order valence-electron chi connectivity index (χ3n) is 2.83. The van der Waals surface area contributed by atoms with E-state index in [4.69, 9.17) is 4.74 Å². The highest BCUT2D eigenvalue weighted by atomic mass is 16.5. The van der Waals surface area contributed by atoms with Crippen LogP contribution in [0.3, 0.4) is 0 Å². The minimum Gasteiger partial charge on any atom is -0.378 e. The van der Waals surface area contributed by atoms with Gasteiger partial charge in [0.1, 0.15) is 5.82 Å². The first-order valence-corrected chi connectivity index (χ1v) is 6.70. The van der Waals surface area contributed by atoms with Crippen LogP contribution in [0.2, 0.25) is 0 Å². The number of H-pyrrole nitrogens is 1. The van der Waals surface area contributed by atoms with E-state index in [1.54, 1.807) is 6.20 Å². The summed E-state index contributed by atoms with van der Waals surface area (Å²) in [7, 11) is 0. The lowest BCUT2D eigenvalue weighted by Crippen LogP contribution is -2.14. The summed E-state index contributed by atoms with van der Waals surface area (Å²) in [6.45, 7) is 6.44. The highest BCUT2D eigenvalue weighted by Crippen LogP contribution is 2.16. The quantitative estimate of drug-likeness (QED) is 0.906. The van der Waals surface area contributed by atoms with Crippen molar-refractivity contribution in [3.8, 4) is 11.4 Å². The first-order chi connectivity index (χ1) is 9.56. The molecule has 5 heteroatoms. The second kappa shape index (κ2) is 6.43. The van der Waals surface area contributed by atoms with E-state index in [0.29, 0.717) is 24.5 Å². The summed E-state index contributed by atoms with van der Waals surface area (Å²) in [6.07, 6.45) is 2.45. The van der Waals surface area contributed by atoms with Gasteiger partial charge in [-0.3, -0.25) is 9.78 Å². The molecule has 1 N–H and O–H groups in total. The first kappa shape index (κ1) is 14.4. The largest absolute Gasteiger partial charge is 0.378 e. The topological polar surface area (TPSA) is 67.9 Å². The van der Waals surface area contributed by atoms with E-state index in [1.165, 1.54) is 6.07 Å². The maximum atomic E-state index is 11.7. The van der Waals surface area contributed by atoms with E-state index in [0.717, 1.165) is 11.3 Å². The van der Waals surface area contributed by atoms with Gasteiger partial charge in [0.05, 0.1) is 24.1 Å². The van der Waals surface area contributed by atoms with Crippen molar-refractivity contribution in [3.05, 3.63) is 46.1 Å². The molecule has 0 aromatic carbocycles. The fourth-order valence-corrected chi connectivity index (χ4v) is 1.89. The van der Waals surface area contributed by atoms with Crippen LogP contribution in [-0.2, 0) is 11.2 Å². The lowest BCUT2D eigenvalue weighted by Gasteiger charge is -2.08. The van der Waals surface area contributed by atoms with Gasteiger partial charge in [-0.25, -0.2) is 4.98 Å². The van der Waals surface area contributed by atoms with Crippen LogP contribution in [0.1, 0.15) is 25.2 Å². The Morgan fingerprint density at radius 1 is 1.40 bits per heavy atom. The van der Waals surface area contributed by atoms with E-state index in [1.807, 2.05) is 32.9 Å². The number of aryl methyl sites for hydroxylation is 1. The van der Waals surface area contributed by atoms with Crippen LogP contribution < -0.4 is 5.56 Å². The minimum atomic E-state index is -0.167. The lowest BCUT2D eigenvalue weighted by atomic mass is 10.1.